The zero-order valence-electron chi connectivity index (χ0n) is 25.5. The molecule has 228 valence electrons. The molecule has 7 aromatic rings. The predicted molar refractivity (Wildman–Crippen MR) is 182 cm³/mol. The lowest BCUT2D eigenvalue weighted by molar-refractivity contribution is 0.304. The maximum Gasteiger partial charge on any atom is 0.291 e. The summed E-state index contributed by atoms with van der Waals surface area (Å²) in [5.41, 5.74) is 6.11. The van der Waals surface area contributed by atoms with Gasteiger partial charge in [0, 0.05) is 22.9 Å². The van der Waals surface area contributed by atoms with Crippen LogP contribution in [0.1, 0.15) is 30.0 Å². The van der Waals surface area contributed by atoms with Gasteiger partial charge in [0.15, 0.2) is 5.82 Å². The van der Waals surface area contributed by atoms with Crippen molar-refractivity contribution in [3.8, 4) is 39.8 Å². The van der Waals surface area contributed by atoms with E-state index in [2.05, 4.69) is 23.1 Å². The SMILES string of the molecule is CCCOc1ccc(-c2nc3s/c(=C\c4cn(-c5ccccc5)nc4-c4ccc(OCc5ccccc5)c(C)c4)c(=O)n3n2)cc1. The number of para-hydroxylation sites is 1. The third-order valence-corrected chi connectivity index (χ3v) is 8.46. The van der Waals surface area contributed by atoms with Crippen LogP contribution in [0.15, 0.2) is 114 Å². The van der Waals surface area contributed by atoms with Crippen molar-refractivity contribution in [3.63, 3.8) is 0 Å². The average Bonchev–Trinajstić information content (AvgIpc) is 3.79. The minimum absolute atomic E-state index is 0.221. The van der Waals surface area contributed by atoms with Gasteiger partial charge in [0.1, 0.15) is 23.8 Å². The van der Waals surface area contributed by atoms with Gasteiger partial charge in [-0.05, 0) is 85.1 Å². The summed E-state index contributed by atoms with van der Waals surface area (Å²) in [7, 11) is 0. The van der Waals surface area contributed by atoms with E-state index in [-0.39, 0.29) is 5.56 Å². The lowest BCUT2D eigenvalue weighted by Gasteiger charge is -2.10. The van der Waals surface area contributed by atoms with Crippen molar-refractivity contribution >= 4 is 22.4 Å². The van der Waals surface area contributed by atoms with E-state index in [0.29, 0.717) is 28.5 Å². The fraction of sp³-hybridized carbons (Fsp3) is 0.135. The van der Waals surface area contributed by atoms with Gasteiger partial charge in [0.05, 0.1) is 16.8 Å². The molecule has 0 N–H and O–H groups in total. The van der Waals surface area contributed by atoms with E-state index < -0.39 is 0 Å². The lowest BCUT2D eigenvalue weighted by atomic mass is 10.0. The Morgan fingerprint density at radius 1 is 0.848 bits per heavy atom. The Balaban J connectivity index is 1.23. The first-order valence-electron chi connectivity index (χ1n) is 15.1. The van der Waals surface area contributed by atoms with Crippen LogP contribution in [0.25, 0.3) is 39.4 Å². The normalized spacial score (nSPS) is 11.7. The van der Waals surface area contributed by atoms with E-state index in [1.807, 2.05) is 121 Å². The number of fused-ring (bicyclic) bond motifs is 1. The van der Waals surface area contributed by atoms with Crippen LogP contribution in [-0.4, -0.2) is 31.0 Å². The molecule has 3 aromatic heterocycles. The highest BCUT2D eigenvalue weighted by Gasteiger charge is 2.16. The second-order valence-corrected chi connectivity index (χ2v) is 11.9. The second kappa shape index (κ2) is 12.8. The molecule has 3 heterocycles. The Labute approximate surface area is 269 Å². The van der Waals surface area contributed by atoms with Crippen molar-refractivity contribution in [3.05, 3.63) is 141 Å². The molecule has 9 heteroatoms. The summed E-state index contributed by atoms with van der Waals surface area (Å²) in [5, 5.41) is 9.50. The van der Waals surface area contributed by atoms with Crippen molar-refractivity contribution in [1.82, 2.24) is 24.4 Å². The van der Waals surface area contributed by atoms with E-state index in [1.54, 1.807) is 0 Å². The molecule has 4 aromatic carbocycles. The third-order valence-electron chi connectivity index (χ3n) is 7.50. The number of nitrogens with zero attached hydrogens (tertiary/aromatic N) is 5. The topological polar surface area (TPSA) is 83.5 Å². The summed E-state index contributed by atoms with van der Waals surface area (Å²) < 4.78 is 15.5. The zero-order chi connectivity index (χ0) is 31.5. The Morgan fingerprint density at radius 3 is 2.30 bits per heavy atom. The molecule has 0 saturated carbocycles. The lowest BCUT2D eigenvalue weighted by Crippen LogP contribution is -2.23. The van der Waals surface area contributed by atoms with Crippen LogP contribution < -0.4 is 19.6 Å². The zero-order valence-corrected chi connectivity index (χ0v) is 26.3. The van der Waals surface area contributed by atoms with Gasteiger partial charge < -0.3 is 9.47 Å². The summed E-state index contributed by atoms with van der Waals surface area (Å²) in [6.07, 6.45) is 4.76. The highest BCUT2D eigenvalue weighted by molar-refractivity contribution is 7.15. The van der Waals surface area contributed by atoms with E-state index in [1.165, 1.54) is 15.9 Å². The Hall–Kier alpha value is -5.54. The van der Waals surface area contributed by atoms with Crippen LogP contribution in [0.3, 0.4) is 0 Å². The second-order valence-electron chi connectivity index (χ2n) is 10.9. The Bertz CT molecular complexity index is 2220. The summed E-state index contributed by atoms with van der Waals surface area (Å²) >= 11 is 1.31. The molecule has 0 unspecified atom stereocenters. The molecular weight excluding hydrogens is 595 g/mol. The maximum atomic E-state index is 13.5. The molecule has 7 rings (SSSR count). The molecule has 0 aliphatic rings. The van der Waals surface area contributed by atoms with Gasteiger partial charge in [0.25, 0.3) is 5.56 Å². The molecule has 0 aliphatic carbocycles. The molecule has 0 spiro atoms. The molecule has 0 amide bonds. The number of aryl methyl sites for hydroxylation is 1. The fourth-order valence-corrected chi connectivity index (χ4v) is 6.04. The predicted octanol–water partition coefficient (Wildman–Crippen LogP) is 6.89. The summed E-state index contributed by atoms with van der Waals surface area (Å²) in [6, 6.07) is 33.7. The Kier molecular flexibility index (Phi) is 8.14. The van der Waals surface area contributed by atoms with E-state index in [4.69, 9.17) is 14.6 Å². The van der Waals surface area contributed by atoms with Crippen LogP contribution in [0.2, 0.25) is 0 Å². The van der Waals surface area contributed by atoms with E-state index >= 15 is 0 Å². The van der Waals surface area contributed by atoms with Gasteiger partial charge in [-0.2, -0.15) is 14.6 Å². The van der Waals surface area contributed by atoms with Gasteiger partial charge in [0.2, 0.25) is 4.96 Å². The van der Waals surface area contributed by atoms with Gasteiger partial charge in [-0.15, -0.1) is 5.10 Å². The van der Waals surface area contributed by atoms with Crippen molar-refractivity contribution in [2.75, 3.05) is 6.61 Å². The maximum absolute atomic E-state index is 13.5. The summed E-state index contributed by atoms with van der Waals surface area (Å²) in [6.45, 7) is 5.25. The fourth-order valence-electron chi connectivity index (χ4n) is 5.14. The van der Waals surface area contributed by atoms with Crippen molar-refractivity contribution in [1.29, 1.82) is 0 Å². The minimum Gasteiger partial charge on any atom is -0.494 e. The molecule has 8 nitrogen and oxygen atoms in total. The van der Waals surface area contributed by atoms with Crippen LogP contribution in [0.4, 0.5) is 0 Å². The van der Waals surface area contributed by atoms with Gasteiger partial charge in [-0.3, -0.25) is 4.79 Å². The van der Waals surface area contributed by atoms with Crippen molar-refractivity contribution in [2.24, 2.45) is 0 Å². The van der Waals surface area contributed by atoms with Crippen LogP contribution in [0, 0.1) is 6.92 Å². The molecular formula is C37H31N5O3S. The monoisotopic (exact) mass is 625 g/mol. The molecule has 0 aliphatic heterocycles. The molecule has 0 radical (unpaired) electrons. The van der Waals surface area contributed by atoms with E-state index in [0.717, 1.165) is 57.1 Å². The highest BCUT2D eigenvalue weighted by Crippen LogP contribution is 2.30. The number of rotatable bonds is 10. The van der Waals surface area contributed by atoms with Gasteiger partial charge in [-0.1, -0.05) is 66.8 Å². The Morgan fingerprint density at radius 2 is 1.59 bits per heavy atom. The van der Waals surface area contributed by atoms with Gasteiger partial charge >= 0.3 is 0 Å². The number of thiazole rings is 1. The quantitative estimate of drug-likeness (QED) is 0.165. The molecule has 0 saturated heterocycles. The first-order chi connectivity index (χ1) is 22.6. The highest BCUT2D eigenvalue weighted by atomic mass is 32.1. The average molecular weight is 626 g/mol. The molecule has 0 fully saturated rings. The smallest absolute Gasteiger partial charge is 0.291 e. The molecule has 0 atom stereocenters. The minimum atomic E-state index is -0.221. The van der Waals surface area contributed by atoms with Crippen LogP contribution >= 0.6 is 11.3 Å². The largest absolute Gasteiger partial charge is 0.494 e. The number of benzene rings is 4. The molecule has 46 heavy (non-hydrogen) atoms. The third kappa shape index (κ3) is 6.05. The number of aromatic nitrogens is 5. The summed E-state index contributed by atoms with van der Waals surface area (Å²) in [5.74, 6) is 2.11. The van der Waals surface area contributed by atoms with E-state index in [9.17, 15) is 4.79 Å². The molecule has 0 bridgehead atoms. The van der Waals surface area contributed by atoms with Crippen LogP contribution in [0.5, 0.6) is 11.5 Å². The standard InChI is InChI=1S/C37H31N5O3S/c1-3-20-44-31-17-14-27(15-18-31)35-38-37-42(40-35)36(43)33(46-37)22-29-23-41(30-12-8-5-9-13-30)39-34(29)28-16-19-32(25(2)21-28)45-24-26-10-6-4-7-11-26/h4-19,21-23H,3,20,24H2,1-2H3/b33-22-. The first-order valence-corrected chi connectivity index (χ1v) is 15.9. The van der Waals surface area contributed by atoms with Crippen molar-refractivity contribution in [2.45, 2.75) is 26.9 Å². The number of hydrogen-bond donors (Lipinski definition) is 0. The van der Waals surface area contributed by atoms with Crippen molar-refractivity contribution < 1.29 is 9.47 Å². The number of ether oxygens (including phenoxy) is 2. The number of hydrogen-bond acceptors (Lipinski definition) is 7. The summed E-state index contributed by atoms with van der Waals surface area (Å²) in [4.78, 5) is 18.7. The van der Waals surface area contributed by atoms with Crippen LogP contribution in [-0.2, 0) is 6.61 Å². The van der Waals surface area contributed by atoms with Gasteiger partial charge in [-0.25, -0.2) is 4.68 Å². The first kappa shape index (κ1) is 29.2.